The van der Waals surface area contributed by atoms with E-state index in [2.05, 4.69) is 47.1 Å². The van der Waals surface area contributed by atoms with E-state index in [0.717, 1.165) is 51.7 Å². The molecule has 5 nitrogen and oxygen atoms in total. The van der Waals surface area contributed by atoms with Crippen molar-refractivity contribution in [2.75, 3.05) is 6.61 Å². The van der Waals surface area contributed by atoms with Crippen LogP contribution in [0.5, 0.6) is 5.75 Å². The van der Waals surface area contributed by atoms with Crippen LogP contribution in [0.25, 0.3) is 32.9 Å². The van der Waals surface area contributed by atoms with E-state index in [0.29, 0.717) is 13.0 Å². The number of hydrogen-bond donors (Lipinski definition) is 2. The number of benzene rings is 3. The fraction of sp³-hybridized carbons (Fsp3) is 0.321. The minimum Gasteiger partial charge on any atom is -0.491 e. The standard InChI is InChI=1S/C28H28N2O3/c1-15(2)33-17-8-9-23-20(12-17)25-22-14-29-28(32)26(22)24-18-7-4-6-16(3)19(18)13-21(24)27(25)30(23)10-5-11-31/h4,6-9,12,15,31H,5,10-11,13-14H2,1-3H3,(H,29,32). The molecule has 168 valence electrons. The fourth-order valence-corrected chi connectivity index (χ4v) is 5.81. The molecule has 0 fully saturated rings. The lowest BCUT2D eigenvalue weighted by Crippen LogP contribution is -2.13. The summed E-state index contributed by atoms with van der Waals surface area (Å²) in [6.07, 6.45) is 1.58. The molecule has 6 rings (SSSR count). The first-order valence-electron chi connectivity index (χ1n) is 11.8. The molecule has 2 aliphatic rings. The second-order valence-electron chi connectivity index (χ2n) is 9.47. The number of ether oxygens (including phenoxy) is 1. The van der Waals surface area contributed by atoms with Gasteiger partial charge in [0.05, 0.1) is 17.2 Å². The van der Waals surface area contributed by atoms with E-state index >= 15 is 0 Å². The van der Waals surface area contributed by atoms with Crippen LogP contribution in [-0.2, 0) is 19.5 Å². The monoisotopic (exact) mass is 440 g/mol. The molecule has 0 unspecified atom stereocenters. The quantitative estimate of drug-likeness (QED) is 0.400. The lowest BCUT2D eigenvalue weighted by atomic mass is 9.92. The Bertz CT molecular complexity index is 1460. The second kappa shape index (κ2) is 7.35. The van der Waals surface area contributed by atoms with Gasteiger partial charge in [-0.25, -0.2) is 0 Å². The van der Waals surface area contributed by atoms with E-state index in [9.17, 15) is 9.90 Å². The summed E-state index contributed by atoms with van der Waals surface area (Å²) in [6, 6.07) is 12.7. The maximum atomic E-state index is 13.1. The highest BCUT2D eigenvalue weighted by Crippen LogP contribution is 2.49. The molecule has 0 atom stereocenters. The van der Waals surface area contributed by atoms with Gasteiger partial charge in [-0.3, -0.25) is 4.79 Å². The molecule has 5 heteroatoms. The van der Waals surface area contributed by atoms with E-state index in [1.165, 1.54) is 27.8 Å². The second-order valence-corrected chi connectivity index (χ2v) is 9.47. The van der Waals surface area contributed by atoms with Crippen LogP contribution in [-0.4, -0.2) is 28.3 Å². The molecule has 0 saturated heterocycles. The summed E-state index contributed by atoms with van der Waals surface area (Å²) in [5.74, 6) is 0.854. The highest BCUT2D eigenvalue weighted by atomic mass is 16.5. The van der Waals surface area contributed by atoms with Crippen molar-refractivity contribution in [2.24, 2.45) is 0 Å². The molecule has 1 amide bonds. The first-order chi connectivity index (χ1) is 16.0. The van der Waals surface area contributed by atoms with Gasteiger partial charge < -0.3 is 19.7 Å². The van der Waals surface area contributed by atoms with Crippen LogP contribution < -0.4 is 10.1 Å². The first kappa shape index (κ1) is 20.3. The Hall–Kier alpha value is -3.31. The minimum absolute atomic E-state index is 0.0170. The predicted octanol–water partition coefficient (Wildman–Crippen LogP) is 5.09. The number of carbonyl (C=O) groups is 1. The van der Waals surface area contributed by atoms with E-state index in [-0.39, 0.29) is 18.6 Å². The van der Waals surface area contributed by atoms with Crippen LogP contribution in [0.4, 0.5) is 0 Å². The van der Waals surface area contributed by atoms with Gasteiger partial charge in [-0.2, -0.15) is 0 Å². The Kier molecular flexibility index (Phi) is 4.53. The highest BCUT2D eigenvalue weighted by molar-refractivity contribution is 6.20. The van der Waals surface area contributed by atoms with Crippen molar-refractivity contribution >= 4 is 27.7 Å². The van der Waals surface area contributed by atoms with E-state index in [1.54, 1.807) is 0 Å². The van der Waals surface area contributed by atoms with Gasteiger partial charge in [0, 0.05) is 48.0 Å². The smallest absolute Gasteiger partial charge is 0.252 e. The van der Waals surface area contributed by atoms with Gasteiger partial charge in [-0.15, -0.1) is 0 Å². The van der Waals surface area contributed by atoms with Crippen molar-refractivity contribution < 1.29 is 14.6 Å². The average Bonchev–Trinajstić information content (AvgIpc) is 3.44. The number of aryl methyl sites for hydroxylation is 2. The molecule has 0 radical (unpaired) electrons. The molecule has 4 aromatic rings. The van der Waals surface area contributed by atoms with Gasteiger partial charge in [-0.05, 0) is 73.2 Å². The number of nitrogens with zero attached hydrogens (tertiary/aromatic N) is 1. The SMILES string of the molecule is Cc1cccc2c1Cc1c-2c2c(c3c4cc(OC(C)C)ccc4n(CCCO)c13)CNC2=O. The zero-order valence-corrected chi connectivity index (χ0v) is 19.3. The van der Waals surface area contributed by atoms with Crippen molar-refractivity contribution in [1.29, 1.82) is 0 Å². The Balaban J connectivity index is 1.76. The third kappa shape index (κ3) is 2.85. The molecular weight excluding hydrogens is 412 g/mol. The number of aliphatic hydroxyl groups is 1. The van der Waals surface area contributed by atoms with E-state index < -0.39 is 0 Å². The summed E-state index contributed by atoms with van der Waals surface area (Å²) in [4.78, 5) is 13.1. The molecule has 0 saturated carbocycles. The third-order valence-electron chi connectivity index (χ3n) is 7.07. The lowest BCUT2D eigenvalue weighted by Gasteiger charge is -2.13. The zero-order valence-electron chi connectivity index (χ0n) is 19.3. The summed E-state index contributed by atoms with van der Waals surface area (Å²) in [5.41, 5.74) is 10.3. The Morgan fingerprint density at radius 3 is 2.76 bits per heavy atom. The maximum Gasteiger partial charge on any atom is 0.252 e. The normalized spacial score (nSPS) is 14.2. The van der Waals surface area contributed by atoms with Gasteiger partial charge in [0.15, 0.2) is 0 Å². The Morgan fingerprint density at radius 1 is 1.12 bits per heavy atom. The number of carbonyl (C=O) groups excluding carboxylic acids is 1. The molecule has 1 aliphatic carbocycles. The van der Waals surface area contributed by atoms with Crippen LogP contribution >= 0.6 is 0 Å². The minimum atomic E-state index is 0.0170. The van der Waals surface area contributed by atoms with Gasteiger partial charge in [-0.1, -0.05) is 18.2 Å². The molecule has 0 spiro atoms. The van der Waals surface area contributed by atoms with Crippen molar-refractivity contribution in [3.63, 3.8) is 0 Å². The van der Waals surface area contributed by atoms with Gasteiger partial charge in [0.2, 0.25) is 0 Å². The molecule has 0 bridgehead atoms. The summed E-state index contributed by atoms with van der Waals surface area (Å²) in [5, 5.41) is 15.0. The third-order valence-corrected chi connectivity index (χ3v) is 7.07. The van der Waals surface area contributed by atoms with Crippen LogP contribution in [0.2, 0.25) is 0 Å². The number of amides is 1. The number of hydrogen-bond acceptors (Lipinski definition) is 3. The first-order valence-corrected chi connectivity index (χ1v) is 11.8. The molecular formula is C28H28N2O3. The maximum absolute atomic E-state index is 13.1. The molecule has 1 aliphatic heterocycles. The summed E-state index contributed by atoms with van der Waals surface area (Å²) < 4.78 is 8.38. The largest absolute Gasteiger partial charge is 0.491 e. The number of rotatable bonds is 5. The summed E-state index contributed by atoms with van der Waals surface area (Å²) in [7, 11) is 0. The molecule has 3 aromatic carbocycles. The van der Waals surface area contributed by atoms with Crippen LogP contribution in [0.1, 0.15) is 52.9 Å². The van der Waals surface area contributed by atoms with Crippen LogP contribution in [0.3, 0.4) is 0 Å². The van der Waals surface area contributed by atoms with Crippen molar-refractivity contribution in [1.82, 2.24) is 9.88 Å². The zero-order chi connectivity index (χ0) is 22.9. The summed E-state index contributed by atoms with van der Waals surface area (Å²) >= 11 is 0. The van der Waals surface area contributed by atoms with Crippen LogP contribution in [0.15, 0.2) is 36.4 Å². The highest BCUT2D eigenvalue weighted by Gasteiger charge is 2.35. The number of nitrogens with one attached hydrogen (secondary N) is 1. The molecule has 1 aromatic heterocycles. The van der Waals surface area contributed by atoms with Gasteiger partial charge in [0.25, 0.3) is 5.91 Å². The van der Waals surface area contributed by atoms with Crippen LogP contribution in [0, 0.1) is 6.92 Å². The predicted molar refractivity (Wildman–Crippen MR) is 131 cm³/mol. The van der Waals surface area contributed by atoms with E-state index in [4.69, 9.17) is 4.74 Å². The molecule has 2 N–H and O–H groups in total. The average molecular weight is 441 g/mol. The Labute approximate surface area is 193 Å². The van der Waals surface area contributed by atoms with Crippen molar-refractivity contribution in [3.8, 4) is 16.9 Å². The fourth-order valence-electron chi connectivity index (χ4n) is 5.81. The topological polar surface area (TPSA) is 63.5 Å². The Morgan fingerprint density at radius 2 is 1.97 bits per heavy atom. The number of aliphatic hydroxyl groups excluding tert-OH is 1. The summed E-state index contributed by atoms with van der Waals surface area (Å²) in [6.45, 7) is 7.61. The van der Waals surface area contributed by atoms with Gasteiger partial charge in [0.1, 0.15) is 5.75 Å². The lowest BCUT2D eigenvalue weighted by molar-refractivity contribution is 0.0966. The number of aromatic nitrogens is 1. The van der Waals surface area contributed by atoms with Crippen molar-refractivity contribution in [3.05, 3.63) is 64.2 Å². The molecule has 2 heterocycles. The van der Waals surface area contributed by atoms with Gasteiger partial charge >= 0.3 is 0 Å². The van der Waals surface area contributed by atoms with Crippen molar-refractivity contribution in [2.45, 2.75) is 52.8 Å². The van der Waals surface area contributed by atoms with E-state index in [1.807, 2.05) is 19.9 Å². The molecule has 33 heavy (non-hydrogen) atoms. The number of fused-ring (bicyclic) bond motifs is 10.